The van der Waals surface area contributed by atoms with Crippen LogP contribution in [0.2, 0.25) is 0 Å². The Morgan fingerprint density at radius 3 is 2.79 bits per heavy atom. The Kier molecular flexibility index (Phi) is 5.58. The van der Waals surface area contributed by atoms with E-state index in [1.807, 2.05) is 0 Å². The van der Waals surface area contributed by atoms with Crippen LogP contribution in [0.1, 0.15) is 50.6 Å². The van der Waals surface area contributed by atoms with E-state index in [0.29, 0.717) is 17.7 Å². The van der Waals surface area contributed by atoms with Gasteiger partial charge in [0.15, 0.2) is 0 Å². The van der Waals surface area contributed by atoms with Gasteiger partial charge in [-0.2, -0.15) is 0 Å². The molecule has 106 valence electrons. The van der Waals surface area contributed by atoms with Crippen molar-refractivity contribution in [3.63, 3.8) is 0 Å². The first-order chi connectivity index (χ1) is 9.36. The van der Waals surface area contributed by atoms with Gasteiger partial charge in [0.1, 0.15) is 5.69 Å². The number of nitrogens with zero attached hydrogens (tertiary/aromatic N) is 2. The first-order valence-electron chi connectivity index (χ1n) is 7.42. The van der Waals surface area contributed by atoms with Gasteiger partial charge in [0.2, 0.25) is 5.88 Å². The second-order valence-electron chi connectivity index (χ2n) is 5.26. The zero-order valence-electron chi connectivity index (χ0n) is 12.1. The number of hydrogen-bond acceptors (Lipinski definition) is 4. The first-order valence-corrected chi connectivity index (χ1v) is 7.42. The topological polar surface area (TPSA) is 47.0 Å². The molecule has 0 saturated heterocycles. The summed E-state index contributed by atoms with van der Waals surface area (Å²) in [5, 5.41) is 3.49. The van der Waals surface area contributed by atoms with Gasteiger partial charge < -0.3 is 10.1 Å². The summed E-state index contributed by atoms with van der Waals surface area (Å²) in [6, 6.07) is 0. The van der Waals surface area contributed by atoms with Crippen LogP contribution in [-0.2, 0) is 0 Å². The number of hydrogen-bond donors (Lipinski definition) is 1. The lowest BCUT2D eigenvalue weighted by molar-refractivity contribution is 0.341. The molecule has 0 amide bonds. The van der Waals surface area contributed by atoms with Crippen LogP contribution in [0.15, 0.2) is 12.4 Å². The molecule has 19 heavy (non-hydrogen) atoms. The fourth-order valence-electron chi connectivity index (χ4n) is 3.07. The van der Waals surface area contributed by atoms with Crippen molar-refractivity contribution in [2.45, 2.75) is 44.9 Å². The smallest absolute Gasteiger partial charge is 0.235 e. The van der Waals surface area contributed by atoms with Gasteiger partial charge in [0.05, 0.1) is 7.11 Å². The van der Waals surface area contributed by atoms with Crippen molar-refractivity contribution < 1.29 is 4.74 Å². The molecular weight excluding hydrogens is 238 g/mol. The second kappa shape index (κ2) is 7.43. The Hall–Kier alpha value is -1.16. The van der Waals surface area contributed by atoms with Crippen LogP contribution in [0.5, 0.6) is 5.88 Å². The van der Waals surface area contributed by atoms with E-state index in [2.05, 4.69) is 22.2 Å². The van der Waals surface area contributed by atoms with Gasteiger partial charge in [-0.05, 0) is 31.8 Å². The van der Waals surface area contributed by atoms with E-state index in [1.54, 1.807) is 19.5 Å². The zero-order chi connectivity index (χ0) is 13.5. The Labute approximate surface area is 116 Å². The largest absolute Gasteiger partial charge is 0.480 e. The molecule has 2 atom stereocenters. The third kappa shape index (κ3) is 3.66. The van der Waals surface area contributed by atoms with Crippen molar-refractivity contribution in [3.8, 4) is 5.88 Å². The average molecular weight is 263 g/mol. The lowest BCUT2D eigenvalue weighted by atomic mass is 9.85. The maximum atomic E-state index is 5.40. The maximum absolute atomic E-state index is 5.40. The lowest BCUT2D eigenvalue weighted by Gasteiger charge is -2.25. The molecule has 0 aliphatic heterocycles. The number of nitrogens with one attached hydrogen (secondary N) is 1. The molecule has 4 heteroatoms. The highest BCUT2D eigenvalue weighted by molar-refractivity contribution is 5.23. The van der Waals surface area contributed by atoms with E-state index < -0.39 is 0 Å². The number of methoxy groups -OCH3 is 1. The summed E-state index contributed by atoms with van der Waals surface area (Å²) in [6.45, 7) is 4.26. The van der Waals surface area contributed by atoms with Gasteiger partial charge in [0, 0.05) is 18.3 Å². The Morgan fingerprint density at radius 1 is 1.21 bits per heavy atom. The Morgan fingerprint density at radius 2 is 2.00 bits per heavy atom. The molecular formula is C15H25N3O. The van der Waals surface area contributed by atoms with E-state index in [-0.39, 0.29) is 0 Å². The summed E-state index contributed by atoms with van der Waals surface area (Å²) < 4.78 is 5.40. The number of ether oxygens (including phenoxy) is 1. The predicted molar refractivity (Wildman–Crippen MR) is 76.4 cm³/mol. The molecule has 2 rings (SSSR count). The zero-order valence-corrected chi connectivity index (χ0v) is 12.1. The van der Waals surface area contributed by atoms with Crippen molar-refractivity contribution in [2.24, 2.45) is 5.92 Å². The summed E-state index contributed by atoms with van der Waals surface area (Å²) in [4.78, 5) is 8.87. The van der Waals surface area contributed by atoms with Crippen molar-refractivity contribution in [2.75, 3.05) is 20.2 Å². The van der Waals surface area contributed by atoms with Gasteiger partial charge in [-0.25, -0.2) is 4.98 Å². The Balaban J connectivity index is 2.20. The van der Waals surface area contributed by atoms with Crippen LogP contribution in [-0.4, -0.2) is 30.2 Å². The minimum Gasteiger partial charge on any atom is -0.480 e. The van der Waals surface area contributed by atoms with E-state index in [4.69, 9.17) is 4.74 Å². The molecule has 0 aromatic carbocycles. The SMILES string of the molecule is CCNCC1CCCCCC1c1nccnc1OC. The second-order valence-corrected chi connectivity index (χ2v) is 5.26. The standard InChI is InChI=1S/C15H25N3O/c1-3-16-11-12-7-5-4-6-8-13(12)14-15(19-2)18-10-9-17-14/h9-10,12-13,16H,3-8,11H2,1-2H3. The molecule has 1 N–H and O–H groups in total. The molecule has 0 radical (unpaired) electrons. The van der Waals surface area contributed by atoms with Crippen molar-refractivity contribution in [1.29, 1.82) is 0 Å². The minimum atomic E-state index is 0.477. The fourth-order valence-corrected chi connectivity index (χ4v) is 3.07. The summed E-state index contributed by atoms with van der Waals surface area (Å²) in [5.74, 6) is 1.83. The third-order valence-corrected chi connectivity index (χ3v) is 4.05. The summed E-state index contributed by atoms with van der Waals surface area (Å²) in [5.41, 5.74) is 1.05. The molecule has 1 aromatic rings. The highest BCUT2D eigenvalue weighted by atomic mass is 16.5. The van der Waals surface area contributed by atoms with E-state index >= 15 is 0 Å². The molecule has 4 nitrogen and oxygen atoms in total. The maximum Gasteiger partial charge on any atom is 0.235 e. The molecule has 1 aromatic heterocycles. The van der Waals surface area contributed by atoms with E-state index in [1.165, 1.54) is 32.1 Å². The van der Waals surface area contributed by atoms with Crippen LogP contribution in [0, 0.1) is 5.92 Å². The Bertz CT molecular complexity index is 383. The van der Waals surface area contributed by atoms with Crippen LogP contribution in [0.4, 0.5) is 0 Å². The van der Waals surface area contributed by atoms with Crippen molar-refractivity contribution in [3.05, 3.63) is 18.1 Å². The molecule has 1 heterocycles. The number of aromatic nitrogens is 2. The first kappa shape index (κ1) is 14.3. The highest BCUT2D eigenvalue weighted by Gasteiger charge is 2.28. The molecule has 1 aliphatic carbocycles. The predicted octanol–water partition coefficient (Wildman–Crippen LogP) is 2.76. The molecule has 0 bridgehead atoms. The van der Waals surface area contributed by atoms with Gasteiger partial charge in [-0.1, -0.05) is 26.2 Å². The molecule has 1 saturated carbocycles. The van der Waals surface area contributed by atoms with Gasteiger partial charge in [-0.3, -0.25) is 4.98 Å². The minimum absolute atomic E-state index is 0.477. The van der Waals surface area contributed by atoms with E-state index in [9.17, 15) is 0 Å². The van der Waals surface area contributed by atoms with Crippen LogP contribution >= 0.6 is 0 Å². The molecule has 1 aliphatic rings. The fraction of sp³-hybridized carbons (Fsp3) is 0.733. The van der Waals surface area contributed by atoms with Crippen LogP contribution in [0.3, 0.4) is 0 Å². The summed E-state index contributed by atoms with van der Waals surface area (Å²) in [7, 11) is 1.68. The molecule has 2 unspecified atom stereocenters. The third-order valence-electron chi connectivity index (χ3n) is 4.05. The quantitative estimate of drug-likeness (QED) is 0.830. The molecule has 1 fully saturated rings. The van der Waals surface area contributed by atoms with Gasteiger partial charge >= 0.3 is 0 Å². The van der Waals surface area contributed by atoms with Crippen molar-refractivity contribution >= 4 is 0 Å². The normalized spacial score (nSPS) is 23.9. The van der Waals surface area contributed by atoms with Crippen LogP contribution in [0.25, 0.3) is 0 Å². The monoisotopic (exact) mass is 263 g/mol. The van der Waals surface area contributed by atoms with Gasteiger partial charge in [0.25, 0.3) is 0 Å². The summed E-state index contributed by atoms with van der Waals surface area (Å²) in [6.07, 6.45) is 9.91. The molecule has 0 spiro atoms. The van der Waals surface area contributed by atoms with Gasteiger partial charge in [-0.15, -0.1) is 0 Å². The van der Waals surface area contributed by atoms with Crippen LogP contribution < -0.4 is 10.1 Å². The highest BCUT2D eigenvalue weighted by Crippen LogP contribution is 2.38. The lowest BCUT2D eigenvalue weighted by Crippen LogP contribution is -2.27. The van der Waals surface area contributed by atoms with E-state index in [0.717, 1.165) is 18.8 Å². The average Bonchev–Trinajstić information content (AvgIpc) is 2.70. The summed E-state index contributed by atoms with van der Waals surface area (Å²) >= 11 is 0. The number of rotatable bonds is 5. The van der Waals surface area contributed by atoms with Crippen molar-refractivity contribution in [1.82, 2.24) is 15.3 Å².